The van der Waals surface area contributed by atoms with E-state index in [9.17, 15) is 4.79 Å². The molecule has 2 N–H and O–H groups in total. The first-order valence-corrected chi connectivity index (χ1v) is 4.50. The number of ether oxygens (including phenoxy) is 1. The van der Waals surface area contributed by atoms with Gasteiger partial charge in [0.05, 0.1) is 7.11 Å². The summed E-state index contributed by atoms with van der Waals surface area (Å²) in [6.45, 7) is 0. The third-order valence-electron chi connectivity index (χ3n) is 3.33. The van der Waals surface area contributed by atoms with E-state index < -0.39 is 0 Å². The Morgan fingerprint density at radius 3 is 2.46 bits per heavy atom. The highest BCUT2D eigenvalue weighted by molar-refractivity contribution is 5.85. The molecule has 0 heterocycles. The Hall–Kier alpha value is -0.280. The summed E-state index contributed by atoms with van der Waals surface area (Å²) in [7, 11) is 1.40. The fraction of sp³-hybridized carbons (Fsp3) is 0.889. The summed E-state index contributed by atoms with van der Waals surface area (Å²) in [4.78, 5) is 11.0. The highest BCUT2D eigenvalue weighted by atomic mass is 35.5. The van der Waals surface area contributed by atoms with Crippen molar-refractivity contribution < 1.29 is 9.53 Å². The van der Waals surface area contributed by atoms with Crippen LogP contribution in [-0.2, 0) is 9.53 Å². The molecule has 2 aliphatic carbocycles. The summed E-state index contributed by atoms with van der Waals surface area (Å²) >= 11 is 0. The maximum atomic E-state index is 11.0. The summed E-state index contributed by atoms with van der Waals surface area (Å²) in [6.07, 6.45) is 4.97. The summed E-state index contributed by atoms with van der Waals surface area (Å²) in [5.41, 5.74) is 6.33. The van der Waals surface area contributed by atoms with Gasteiger partial charge in [-0.25, -0.2) is 0 Å². The van der Waals surface area contributed by atoms with Crippen molar-refractivity contribution in [1.29, 1.82) is 0 Å². The Kier molecular flexibility index (Phi) is 2.88. The van der Waals surface area contributed by atoms with Crippen LogP contribution in [0.25, 0.3) is 0 Å². The van der Waals surface area contributed by atoms with Gasteiger partial charge in [0.15, 0.2) is 0 Å². The van der Waals surface area contributed by atoms with E-state index in [1.807, 2.05) is 0 Å². The maximum absolute atomic E-state index is 11.0. The molecule has 1 spiro atoms. The van der Waals surface area contributed by atoms with Crippen LogP contribution in [0.15, 0.2) is 0 Å². The molecule has 13 heavy (non-hydrogen) atoms. The maximum Gasteiger partial charge on any atom is 0.322 e. The van der Waals surface area contributed by atoms with Crippen LogP contribution in [0.1, 0.15) is 25.7 Å². The molecule has 2 fully saturated rings. The number of methoxy groups -OCH3 is 1. The second kappa shape index (κ2) is 3.46. The average molecular weight is 206 g/mol. The zero-order chi connectivity index (χ0) is 8.77. The van der Waals surface area contributed by atoms with E-state index in [0.717, 1.165) is 12.8 Å². The van der Waals surface area contributed by atoms with Crippen LogP contribution >= 0.6 is 12.4 Å². The van der Waals surface area contributed by atoms with Gasteiger partial charge in [0.2, 0.25) is 0 Å². The number of carbonyl (C=O) groups excluding carboxylic acids is 1. The number of esters is 1. The molecule has 2 rings (SSSR count). The van der Waals surface area contributed by atoms with Gasteiger partial charge >= 0.3 is 5.97 Å². The van der Waals surface area contributed by atoms with E-state index in [-0.39, 0.29) is 24.4 Å². The first kappa shape index (κ1) is 10.8. The lowest BCUT2D eigenvalue weighted by Crippen LogP contribution is -2.45. The van der Waals surface area contributed by atoms with Gasteiger partial charge in [-0.2, -0.15) is 0 Å². The average Bonchev–Trinajstić information content (AvgIpc) is 2.78. The topological polar surface area (TPSA) is 52.3 Å². The number of hydrogen-bond donors (Lipinski definition) is 1. The molecule has 0 aliphatic heterocycles. The van der Waals surface area contributed by atoms with Crippen LogP contribution in [0, 0.1) is 11.3 Å². The van der Waals surface area contributed by atoms with Crippen LogP contribution in [0.5, 0.6) is 0 Å². The highest BCUT2D eigenvalue weighted by Gasteiger charge is 2.55. The Balaban J connectivity index is 0.000000845. The summed E-state index contributed by atoms with van der Waals surface area (Å²) in [5, 5.41) is 0. The number of rotatable bonds is 2. The first-order chi connectivity index (χ1) is 5.67. The quantitative estimate of drug-likeness (QED) is 0.687. The molecule has 0 saturated heterocycles. The Bertz CT molecular complexity index is 208. The minimum atomic E-state index is -0.374. The molecular formula is C9H16ClNO2. The minimum Gasteiger partial charge on any atom is -0.468 e. The van der Waals surface area contributed by atoms with E-state index in [4.69, 9.17) is 5.73 Å². The standard InChI is InChI=1S/C9H15NO2.ClH/c1-12-8(11)7(10)6-4-9(5-6)2-3-9;/h6-7H,2-5,10H2,1H3;1H/t7-;/m0./s1. The molecule has 2 saturated carbocycles. The largest absolute Gasteiger partial charge is 0.468 e. The fourth-order valence-electron chi connectivity index (χ4n) is 2.22. The van der Waals surface area contributed by atoms with Gasteiger partial charge in [-0.05, 0) is 37.0 Å². The van der Waals surface area contributed by atoms with E-state index in [0.29, 0.717) is 11.3 Å². The zero-order valence-corrected chi connectivity index (χ0v) is 8.60. The van der Waals surface area contributed by atoms with Crippen molar-refractivity contribution in [3.05, 3.63) is 0 Å². The van der Waals surface area contributed by atoms with Crippen LogP contribution in [-0.4, -0.2) is 19.1 Å². The van der Waals surface area contributed by atoms with Crippen molar-refractivity contribution in [3.8, 4) is 0 Å². The van der Waals surface area contributed by atoms with Gasteiger partial charge < -0.3 is 10.5 Å². The Morgan fingerprint density at radius 1 is 1.54 bits per heavy atom. The molecule has 0 bridgehead atoms. The highest BCUT2D eigenvalue weighted by Crippen LogP contribution is 2.63. The smallest absolute Gasteiger partial charge is 0.322 e. The summed E-state index contributed by atoms with van der Waals surface area (Å²) in [5.74, 6) is 0.135. The van der Waals surface area contributed by atoms with Gasteiger partial charge in [-0.3, -0.25) is 4.79 Å². The van der Waals surface area contributed by atoms with Gasteiger partial charge in [-0.1, -0.05) is 0 Å². The number of carbonyl (C=O) groups is 1. The second-order valence-electron chi connectivity index (χ2n) is 4.22. The molecular weight excluding hydrogens is 190 g/mol. The van der Waals surface area contributed by atoms with Crippen molar-refractivity contribution in [3.63, 3.8) is 0 Å². The first-order valence-electron chi connectivity index (χ1n) is 4.50. The lowest BCUT2D eigenvalue weighted by molar-refractivity contribution is -0.145. The van der Waals surface area contributed by atoms with Crippen molar-refractivity contribution in [2.24, 2.45) is 17.1 Å². The summed E-state index contributed by atoms with van der Waals surface area (Å²) in [6, 6.07) is -0.374. The van der Waals surface area contributed by atoms with Gasteiger partial charge in [0.1, 0.15) is 6.04 Å². The van der Waals surface area contributed by atoms with Gasteiger partial charge in [0.25, 0.3) is 0 Å². The molecule has 3 nitrogen and oxygen atoms in total. The molecule has 76 valence electrons. The lowest BCUT2D eigenvalue weighted by Gasteiger charge is -2.38. The van der Waals surface area contributed by atoms with Gasteiger partial charge in [0, 0.05) is 0 Å². The summed E-state index contributed by atoms with van der Waals surface area (Å²) < 4.78 is 4.59. The zero-order valence-electron chi connectivity index (χ0n) is 7.79. The molecule has 4 heteroatoms. The van der Waals surface area contributed by atoms with Crippen molar-refractivity contribution in [2.75, 3.05) is 7.11 Å². The van der Waals surface area contributed by atoms with Crippen molar-refractivity contribution in [2.45, 2.75) is 31.7 Å². The molecule has 0 aromatic carbocycles. The Labute approximate surface area is 84.4 Å². The lowest BCUT2D eigenvalue weighted by atomic mass is 9.68. The van der Waals surface area contributed by atoms with E-state index >= 15 is 0 Å². The monoisotopic (exact) mass is 205 g/mol. The van der Waals surface area contributed by atoms with Crippen LogP contribution < -0.4 is 5.73 Å². The molecule has 0 radical (unpaired) electrons. The van der Waals surface area contributed by atoms with Crippen molar-refractivity contribution >= 4 is 18.4 Å². The van der Waals surface area contributed by atoms with Crippen LogP contribution in [0.4, 0.5) is 0 Å². The fourth-order valence-corrected chi connectivity index (χ4v) is 2.22. The van der Waals surface area contributed by atoms with Crippen LogP contribution in [0.3, 0.4) is 0 Å². The van der Waals surface area contributed by atoms with E-state index in [1.54, 1.807) is 0 Å². The molecule has 2 aliphatic rings. The van der Waals surface area contributed by atoms with Crippen LogP contribution in [0.2, 0.25) is 0 Å². The van der Waals surface area contributed by atoms with E-state index in [1.165, 1.54) is 20.0 Å². The number of hydrogen-bond acceptors (Lipinski definition) is 3. The normalized spacial score (nSPS) is 25.7. The second-order valence-corrected chi connectivity index (χ2v) is 4.22. The van der Waals surface area contributed by atoms with E-state index in [2.05, 4.69) is 4.74 Å². The number of halogens is 1. The molecule has 0 aromatic rings. The molecule has 0 unspecified atom stereocenters. The van der Waals surface area contributed by atoms with Gasteiger partial charge in [-0.15, -0.1) is 12.4 Å². The third-order valence-corrected chi connectivity index (χ3v) is 3.33. The molecule has 1 atom stereocenters. The molecule has 0 aromatic heterocycles. The van der Waals surface area contributed by atoms with Crippen molar-refractivity contribution in [1.82, 2.24) is 0 Å². The molecule has 0 amide bonds. The minimum absolute atomic E-state index is 0. The number of nitrogens with two attached hydrogens (primary N) is 1. The SMILES string of the molecule is COC(=O)[C@@H](N)C1CC2(CC2)C1.Cl. The predicted molar refractivity (Wildman–Crippen MR) is 51.6 cm³/mol. The third kappa shape index (κ3) is 1.81. The predicted octanol–water partition coefficient (Wildman–Crippen LogP) is 1.10. The Morgan fingerprint density at radius 2 is 2.08 bits per heavy atom.